The van der Waals surface area contributed by atoms with Crippen LogP contribution in [-0.2, 0) is 28.9 Å². The predicted molar refractivity (Wildman–Crippen MR) is 84.5 cm³/mol. The summed E-state index contributed by atoms with van der Waals surface area (Å²) in [6.07, 6.45) is 0.949. The number of ether oxygens (including phenoxy) is 2. The van der Waals surface area contributed by atoms with Crippen molar-refractivity contribution in [2.24, 2.45) is 0 Å². The first-order valence-corrected chi connectivity index (χ1v) is 8.26. The quantitative estimate of drug-likeness (QED) is 0.618. The predicted octanol–water partition coefficient (Wildman–Crippen LogP) is 1.51. The second-order valence-electron chi connectivity index (χ2n) is 4.82. The van der Waals surface area contributed by atoms with E-state index in [0.717, 1.165) is 6.08 Å². The van der Waals surface area contributed by atoms with Crippen molar-refractivity contribution in [3.8, 4) is 0 Å². The van der Waals surface area contributed by atoms with Crippen LogP contribution in [0.1, 0.15) is 13.8 Å². The lowest BCUT2D eigenvalue weighted by atomic mass is 10.3. The molecule has 0 aliphatic rings. The van der Waals surface area contributed by atoms with Crippen LogP contribution in [0.15, 0.2) is 40.9 Å². The van der Waals surface area contributed by atoms with E-state index in [1.165, 1.54) is 38.5 Å². The first-order chi connectivity index (χ1) is 10.7. The van der Waals surface area contributed by atoms with Crippen LogP contribution in [0.25, 0.3) is 0 Å². The molecule has 0 radical (unpaired) electrons. The Kier molecular flexibility index (Phi) is 6.32. The van der Waals surface area contributed by atoms with Crippen LogP contribution in [-0.4, -0.2) is 39.8 Å². The summed E-state index contributed by atoms with van der Waals surface area (Å²) in [6, 6.07) is 5.82. The molecule has 0 atom stereocenters. The molecule has 0 saturated carbocycles. The third-order valence-electron chi connectivity index (χ3n) is 2.95. The maximum absolute atomic E-state index is 12.0. The van der Waals surface area contributed by atoms with Crippen LogP contribution < -0.4 is 5.32 Å². The van der Waals surface area contributed by atoms with Gasteiger partial charge in [0.2, 0.25) is 0 Å². The van der Waals surface area contributed by atoms with Crippen molar-refractivity contribution < 1.29 is 27.5 Å². The summed E-state index contributed by atoms with van der Waals surface area (Å²) in [7, 11) is -1.02. The lowest BCUT2D eigenvalue weighted by Gasteiger charge is -2.11. The van der Waals surface area contributed by atoms with Crippen LogP contribution in [0.3, 0.4) is 0 Å². The lowest BCUT2D eigenvalue weighted by Crippen LogP contribution is -2.16. The van der Waals surface area contributed by atoms with Gasteiger partial charge in [0, 0.05) is 5.69 Å². The van der Waals surface area contributed by atoms with E-state index in [2.05, 4.69) is 14.8 Å². The molecule has 0 saturated heterocycles. The van der Waals surface area contributed by atoms with Gasteiger partial charge >= 0.3 is 11.9 Å². The number of sulfone groups is 1. The van der Waals surface area contributed by atoms with Gasteiger partial charge in [0.15, 0.2) is 9.84 Å². The zero-order chi connectivity index (χ0) is 17.6. The average Bonchev–Trinajstić information content (AvgIpc) is 2.53. The Morgan fingerprint density at radius 2 is 1.65 bits per heavy atom. The Hall–Kier alpha value is -2.35. The standard InChI is InChI=1S/C15H19NO6S/c1-10(2)23(19,20)12-7-5-11(6-8-12)16-13(15(18)22-4)9-14(17)21-3/h5-10,16H,1-4H3/b13-9+. The average molecular weight is 341 g/mol. The number of anilines is 1. The van der Waals surface area contributed by atoms with Gasteiger partial charge in [0.25, 0.3) is 0 Å². The van der Waals surface area contributed by atoms with Crippen molar-refractivity contribution in [1.82, 2.24) is 0 Å². The minimum atomic E-state index is -3.37. The third-order valence-corrected chi connectivity index (χ3v) is 5.12. The van der Waals surface area contributed by atoms with Gasteiger partial charge in [-0.1, -0.05) is 0 Å². The highest BCUT2D eigenvalue weighted by Gasteiger charge is 2.19. The van der Waals surface area contributed by atoms with Gasteiger partial charge in [0.05, 0.1) is 30.4 Å². The van der Waals surface area contributed by atoms with Crippen molar-refractivity contribution >= 4 is 27.5 Å². The number of benzene rings is 1. The molecule has 0 unspecified atom stereocenters. The van der Waals surface area contributed by atoms with Crippen LogP contribution in [0.2, 0.25) is 0 Å². The highest BCUT2D eigenvalue weighted by molar-refractivity contribution is 7.92. The largest absolute Gasteiger partial charge is 0.466 e. The summed E-state index contributed by atoms with van der Waals surface area (Å²) in [5.41, 5.74) is 0.298. The summed E-state index contributed by atoms with van der Waals surface area (Å²) >= 11 is 0. The molecule has 0 spiro atoms. The van der Waals surface area contributed by atoms with E-state index in [1.807, 2.05) is 0 Å². The maximum Gasteiger partial charge on any atom is 0.354 e. The zero-order valence-corrected chi connectivity index (χ0v) is 14.1. The van der Waals surface area contributed by atoms with Crippen LogP contribution in [0, 0.1) is 0 Å². The lowest BCUT2D eigenvalue weighted by molar-refractivity contribution is -0.138. The molecule has 1 rings (SSSR count). The Morgan fingerprint density at radius 3 is 2.09 bits per heavy atom. The first-order valence-electron chi connectivity index (χ1n) is 6.71. The van der Waals surface area contributed by atoms with E-state index < -0.39 is 27.0 Å². The van der Waals surface area contributed by atoms with E-state index in [0.29, 0.717) is 5.69 Å². The number of hydrogen-bond donors (Lipinski definition) is 1. The molecule has 0 aliphatic carbocycles. The molecular formula is C15H19NO6S. The molecule has 0 aliphatic heterocycles. The molecule has 1 aromatic rings. The minimum Gasteiger partial charge on any atom is -0.466 e. The van der Waals surface area contributed by atoms with E-state index in [4.69, 9.17) is 0 Å². The molecule has 1 aromatic carbocycles. The first kappa shape index (κ1) is 18.7. The van der Waals surface area contributed by atoms with Crippen LogP contribution >= 0.6 is 0 Å². The van der Waals surface area contributed by atoms with E-state index >= 15 is 0 Å². The van der Waals surface area contributed by atoms with Crippen LogP contribution in [0.5, 0.6) is 0 Å². The number of methoxy groups -OCH3 is 2. The molecule has 0 heterocycles. The number of hydrogen-bond acceptors (Lipinski definition) is 7. The van der Waals surface area contributed by atoms with Gasteiger partial charge in [-0.05, 0) is 38.1 Å². The number of nitrogens with one attached hydrogen (secondary N) is 1. The second kappa shape index (κ2) is 7.77. The van der Waals surface area contributed by atoms with Crippen LogP contribution in [0.4, 0.5) is 5.69 Å². The molecule has 0 amide bonds. The molecule has 0 bridgehead atoms. The number of carbonyl (C=O) groups excluding carboxylic acids is 2. The summed E-state index contributed by atoms with van der Waals surface area (Å²) < 4.78 is 33.1. The minimum absolute atomic E-state index is 0.126. The van der Waals surface area contributed by atoms with E-state index in [9.17, 15) is 18.0 Å². The molecule has 126 valence electrons. The van der Waals surface area contributed by atoms with Gasteiger partial charge in [-0.2, -0.15) is 0 Å². The summed E-state index contributed by atoms with van der Waals surface area (Å²) in [5, 5.41) is 2.16. The zero-order valence-electron chi connectivity index (χ0n) is 13.3. The van der Waals surface area contributed by atoms with E-state index in [-0.39, 0.29) is 10.6 Å². The highest BCUT2D eigenvalue weighted by Crippen LogP contribution is 2.19. The fourth-order valence-corrected chi connectivity index (χ4v) is 2.65. The summed E-state index contributed by atoms with van der Waals surface area (Å²) in [6.45, 7) is 3.19. The van der Waals surface area contributed by atoms with Gasteiger partial charge < -0.3 is 14.8 Å². The van der Waals surface area contributed by atoms with Gasteiger partial charge in [-0.15, -0.1) is 0 Å². The molecule has 0 fully saturated rings. The van der Waals surface area contributed by atoms with Gasteiger partial charge in [-0.25, -0.2) is 18.0 Å². The SMILES string of the molecule is COC(=O)/C=C(/Nc1ccc(S(=O)(=O)C(C)C)cc1)C(=O)OC. The number of rotatable bonds is 6. The van der Waals surface area contributed by atoms with Crippen molar-refractivity contribution in [3.05, 3.63) is 36.0 Å². The monoisotopic (exact) mass is 341 g/mol. The normalized spacial score (nSPS) is 12.0. The molecule has 23 heavy (non-hydrogen) atoms. The number of carbonyl (C=O) groups is 2. The Balaban J connectivity index is 3.06. The van der Waals surface area contributed by atoms with Gasteiger partial charge in [-0.3, -0.25) is 0 Å². The molecular weight excluding hydrogens is 322 g/mol. The molecule has 0 aromatic heterocycles. The van der Waals surface area contributed by atoms with Crippen molar-refractivity contribution in [2.45, 2.75) is 24.0 Å². The second-order valence-corrected chi connectivity index (χ2v) is 7.32. The fourth-order valence-electron chi connectivity index (χ4n) is 1.59. The Labute approximate surface area is 135 Å². The summed E-state index contributed by atoms with van der Waals surface area (Å²) in [4.78, 5) is 23.1. The summed E-state index contributed by atoms with van der Waals surface area (Å²) in [5.74, 6) is -1.48. The van der Waals surface area contributed by atoms with Gasteiger partial charge in [0.1, 0.15) is 5.70 Å². The fraction of sp³-hybridized carbons (Fsp3) is 0.333. The number of esters is 2. The molecule has 7 nitrogen and oxygen atoms in total. The van der Waals surface area contributed by atoms with Crippen molar-refractivity contribution in [1.29, 1.82) is 0 Å². The van der Waals surface area contributed by atoms with E-state index in [1.54, 1.807) is 13.8 Å². The Morgan fingerprint density at radius 1 is 1.09 bits per heavy atom. The molecule has 1 N–H and O–H groups in total. The smallest absolute Gasteiger partial charge is 0.354 e. The van der Waals surface area contributed by atoms with Crippen molar-refractivity contribution in [3.63, 3.8) is 0 Å². The highest BCUT2D eigenvalue weighted by atomic mass is 32.2. The topological polar surface area (TPSA) is 98.8 Å². The Bertz CT molecular complexity index is 704. The maximum atomic E-state index is 12.0. The molecule has 8 heteroatoms. The van der Waals surface area contributed by atoms with Crippen molar-refractivity contribution in [2.75, 3.05) is 19.5 Å². The third kappa shape index (κ3) is 4.82.